The highest BCUT2D eigenvalue weighted by atomic mass is 32.2. The maximum absolute atomic E-state index is 12.5. The van der Waals surface area contributed by atoms with Crippen molar-refractivity contribution < 1.29 is 13.3 Å². The van der Waals surface area contributed by atoms with Crippen molar-refractivity contribution in [2.24, 2.45) is 0 Å². The van der Waals surface area contributed by atoms with Gasteiger partial charge in [-0.2, -0.15) is 0 Å². The Hall–Kier alpha value is -1.51. The van der Waals surface area contributed by atoms with Crippen molar-refractivity contribution >= 4 is 15.7 Å². The third-order valence-electron chi connectivity index (χ3n) is 4.96. The second-order valence-corrected chi connectivity index (χ2v) is 8.51. The molecule has 0 bridgehead atoms. The van der Waals surface area contributed by atoms with E-state index in [0.29, 0.717) is 23.7 Å². The minimum Gasteiger partial charge on any atom is -0.301 e. The van der Waals surface area contributed by atoms with E-state index in [1.807, 2.05) is 0 Å². The molecule has 0 aromatic heterocycles. The molecular weight excluding hydrogens is 342 g/mol. The normalized spacial score (nSPS) is 19.1. The molecule has 0 amide bonds. The van der Waals surface area contributed by atoms with E-state index < -0.39 is 14.9 Å². The van der Waals surface area contributed by atoms with Gasteiger partial charge in [0.2, 0.25) is 10.0 Å². The Labute approximate surface area is 149 Å². The Balaban J connectivity index is 2.00. The van der Waals surface area contributed by atoms with Gasteiger partial charge in [-0.05, 0) is 64.3 Å². The van der Waals surface area contributed by atoms with Crippen molar-refractivity contribution in [3.63, 3.8) is 0 Å². The van der Waals surface area contributed by atoms with Crippen LogP contribution in [-0.2, 0) is 10.0 Å². The van der Waals surface area contributed by atoms with Gasteiger partial charge in [0.1, 0.15) is 0 Å². The van der Waals surface area contributed by atoms with Gasteiger partial charge >= 0.3 is 0 Å². The highest BCUT2D eigenvalue weighted by Gasteiger charge is 2.22. The summed E-state index contributed by atoms with van der Waals surface area (Å²) >= 11 is 0. The molecule has 8 heteroatoms. The lowest BCUT2D eigenvalue weighted by molar-refractivity contribution is -0.385. The molecule has 1 saturated heterocycles. The molecule has 1 atom stereocenters. The van der Waals surface area contributed by atoms with Crippen molar-refractivity contribution in [2.45, 2.75) is 57.4 Å². The van der Waals surface area contributed by atoms with E-state index in [1.165, 1.54) is 25.3 Å². The number of nitrogens with one attached hydrogen (secondary N) is 1. The number of piperidine rings is 1. The maximum Gasteiger partial charge on any atom is 0.271 e. The van der Waals surface area contributed by atoms with Gasteiger partial charge in [-0.15, -0.1) is 0 Å². The summed E-state index contributed by atoms with van der Waals surface area (Å²) in [5.41, 5.74) is 0.935. The molecule has 1 heterocycles. The molecular formula is C17H27N3O4S. The van der Waals surface area contributed by atoms with Crippen LogP contribution in [0, 0.1) is 24.0 Å². The van der Waals surface area contributed by atoms with Crippen LogP contribution in [0.2, 0.25) is 0 Å². The Morgan fingerprint density at radius 1 is 1.32 bits per heavy atom. The number of sulfonamides is 1. The van der Waals surface area contributed by atoms with Crippen molar-refractivity contribution in [1.82, 2.24) is 9.62 Å². The van der Waals surface area contributed by atoms with Gasteiger partial charge in [0, 0.05) is 24.7 Å². The fourth-order valence-electron chi connectivity index (χ4n) is 3.25. The average Bonchev–Trinajstić information content (AvgIpc) is 2.55. The lowest BCUT2D eigenvalue weighted by Gasteiger charge is -2.33. The first-order valence-corrected chi connectivity index (χ1v) is 10.2. The van der Waals surface area contributed by atoms with Crippen molar-refractivity contribution in [1.29, 1.82) is 0 Å². The molecule has 1 unspecified atom stereocenters. The minimum atomic E-state index is -3.76. The van der Waals surface area contributed by atoms with E-state index in [2.05, 4.69) is 16.5 Å². The zero-order valence-electron chi connectivity index (χ0n) is 15.1. The van der Waals surface area contributed by atoms with E-state index in [1.54, 1.807) is 13.8 Å². The van der Waals surface area contributed by atoms with Crippen LogP contribution >= 0.6 is 0 Å². The van der Waals surface area contributed by atoms with Gasteiger partial charge in [0.15, 0.2) is 0 Å². The molecule has 1 fully saturated rings. The topological polar surface area (TPSA) is 92.5 Å². The number of nitro groups is 1. The van der Waals surface area contributed by atoms with Crippen molar-refractivity contribution in [2.75, 3.05) is 19.6 Å². The first-order chi connectivity index (χ1) is 11.7. The first kappa shape index (κ1) is 19.8. The summed E-state index contributed by atoms with van der Waals surface area (Å²) in [5, 5.41) is 11.0. The molecule has 7 nitrogen and oxygen atoms in total. The standard InChI is InChI=1S/C17H27N3O4S/c1-13-11-16(20(21)22)12-17(15(13)3)25(23,24)18-8-6-10-19-9-5-4-7-14(19)2/h11-12,14,18H,4-10H2,1-3H3. The molecule has 25 heavy (non-hydrogen) atoms. The number of non-ortho nitro benzene ring substituents is 1. The Morgan fingerprint density at radius 3 is 2.68 bits per heavy atom. The van der Waals surface area contributed by atoms with Crippen LogP contribution in [0.3, 0.4) is 0 Å². The summed E-state index contributed by atoms with van der Waals surface area (Å²) in [4.78, 5) is 12.8. The lowest BCUT2D eigenvalue weighted by Crippen LogP contribution is -2.39. The van der Waals surface area contributed by atoms with Crippen LogP contribution in [0.4, 0.5) is 5.69 Å². The summed E-state index contributed by atoms with van der Waals surface area (Å²) in [6, 6.07) is 3.08. The molecule has 2 rings (SSSR count). The number of nitrogens with zero attached hydrogens (tertiary/aromatic N) is 2. The monoisotopic (exact) mass is 369 g/mol. The number of hydrogen-bond donors (Lipinski definition) is 1. The lowest BCUT2D eigenvalue weighted by atomic mass is 10.0. The largest absolute Gasteiger partial charge is 0.301 e. The van der Waals surface area contributed by atoms with Gasteiger partial charge < -0.3 is 4.90 Å². The summed E-state index contributed by atoms with van der Waals surface area (Å²) in [7, 11) is -3.76. The molecule has 0 aliphatic carbocycles. The summed E-state index contributed by atoms with van der Waals surface area (Å²) in [5.74, 6) is 0. The van der Waals surface area contributed by atoms with Crippen molar-refractivity contribution in [3.8, 4) is 0 Å². The third kappa shape index (κ3) is 4.99. The number of hydrogen-bond acceptors (Lipinski definition) is 5. The molecule has 140 valence electrons. The number of aryl methyl sites for hydroxylation is 1. The molecule has 0 spiro atoms. The fraction of sp³-hybridized carbons (Fsp3) is 0.647. The second kappa shape index (κ2) is 8.25. The average molecular weight is 369 g/mol. The van der Waals surface area contributed by atoms with Crippen LogP contribution in [0.15, 0.2) is 17.0 Å². The molecule has 0 saturated carbocycles. The van der Waals surface area contributed by atoms with E-state index in [-0.39, 0.29) is 10.6 Å². The highest BCUT2D eigenvalue weighted by molar-refractivity contribution is 7.89. The van der Waals surface area contributed by atoms with Gasteiger partial charge in [-0.3, -0.25) is 10.1 Å². The van der Waals surface area contributed by atoms with Crippen LogP contribution in [0.1, 0.15) is 43.7 Å². The molecule has 1 N–H and O–H groups in total. The van der Waals surface area contributed by atoms with Crippen LogP contribution in [0.5, 0.6) is 0 Å². The number of nitro benzene ring substituents is 1. The van der Waals surface area contributed by atoms with Crippen LogP contribution in [0.25, 0.3) is 0 Å². The highest BCUT2D eigenvalue weighted by Crippen LogP contribution is 2.25. The van der Waals surface area contributed by atoms with Gasteiger partial charge in [-0.1, -0.05) is 6.42 Å². The first-order valence-electron chi connectivity index (χ1n) is 8.71. The van der Waals surface area contributed by atoms with E-state index in [4.69, 9.17) is 0 Å². The molecule has 1 aromatic rings. The summed E-state index contributed by atoms with van der Waals surface area (Å²) < 4.78 is 27.7. The smallest absolute Gasteiger partial charge is 0.271 e. The Kier molecular flexibility index (Phi) is 6.53. The SMILES string of the molecule is Cc1cc([N+](=O)[O-])cc(S(=O)(=O)NCCCN2CCCCC2C)c1C. The molecule has 1 aliphatic rings. The summed E-state index contributed by atoms with van der Waals surface area (Å²) in [6.45, 7) is 7.81. The zero-order chi connectivity index (χ0) is 18.6. The number of rotatable bonds is 7. The molecule has 1 aromatic carbocycles. The van der Waals surface area contributed by atoms with Crippen molar-refractivity contribution in [3.05, 3.63) is 33.4 Å². The number of likely N-dealkylation sites (tertiary alicyclic amines) is 1. The summed E-state index contributed by atoms with van der Waals surface area (Å²) in [6.07, 6.45) is 4.37. The minimum absolute atomic E-state index is 0.00876. The quantitative estimate of drug-likeness (QED) is 0.453. The Bertz CT molecular complexity index is 734. The molecule has 0 radical (unpaired) electrons. The fourth-order valence-corrected chi connectivity index (χ4v) is 4.66. The van der Waals surface area contributed by atoms with Gasteiger partial charge in [-0.25, -0.2) is 13.1 Å². The Morgan fingerprint density at radius 2 is 2.04 bits per heavy atom. The predicted octanol–water partition coefficient (Wildman–Crippen LogP) is 2.75. The van der Waals surface area contributed by atoms with Gasteiger partial charge in [0.05, 0.1) is 9.82 Å². The van der Waals surface area contributed by atoms with Crippen LogP contribution in [-0.4, -0.2) is 43.9 Å². The zero-order valence-corrected chi connectivity index (χ0v) is 15.9. The van der Waals surface area contributed by atoms with E-state index >= 15 is 0 Å². The third-order valence-corrected chi connectivity index (χ3v) is 6.55. The maximum atomic E-state index is 12.5. The van der Waals surface area contributed by atoms with Crippen LogP contribution < -0.4 is 4.72 Å². The van der Waals surface area contributed by atoms with E-state index in [9.17, 15) is 18.5 Å². The second-order valence-electron chi connectivity index (χ2n) is 6.78. The predicted molar refractivity (Wildman–Crippen MR) is 97.3 cm³/mol. The van der Waals surface area contributed by atoms with Gasteiger partial charge in [0.25, 0.3) is 5.69 Å². The number of benzene rings is 1. The van der Waals surface area contributed by atoms with E-state index in [0.717, 1.165) is 25.6 Å². The molecule has 1 aliphatic heterocycles.